The molecule has 1 heterocycles. The van der Waals surface area contributed by atoms with Gasteiger partial charge in [0.25, 0.3) is 0 Å². The van der Waals surface area contributed by atoms with Crippen LogP contribution in [0.3, 0.4) is 0 Å². The molecule has 29 heavy (non-hydrogen) atoms. The molecule has 0 saturated carbocycles. The molecule has 0 amide bonds. The number of nitrogens with zero attached hydrogens (tertiary/aromatic N) is 1. The highest BCUT2D eigenvalue weighted by atomic mass is 35.5. The van der Waals surface area contributed by atoms with Crippen molar-refractivity contribution >= 4 is 41.5 Å². The van der Waals surface area contributed by atoms with Crippen molar-refractivity contribution in [3.05, 3.63) is 84.2 Å². The molecule has 2 N–H and O–H groups in total. The Morgan fingerprint density at radius 2 is 1.45 bits per heavy atom. The van der Waals surface area contributed by atoms with Gasteiger partial charge in [-0.05, 0) is 28.8 Å². The molecule has 0 saturated heterocycles. The van der Waals surface area contributed by atoms with Gasteiger partial charge in [-0.1, -0.05) is 60.7 Å². The van der Waals surface area contributed by atoms with Crippen molar-refractivity contribution in [1.29, 1.82) is 0 Å². The van der Waals surface area contributed by atoms with E-state index in [0.717, 1.165) is 16.7 Å². The van der Waals surface area contributed by atoms with Crippen molar-refractivity contribution in [2.45, 2.75) is 12.7 Å². The summed E-state index contributed by atoms with van der Waals surface area (Å²) >= 11 is 0. The number of H-pyrrole nitrogens is 1. The Bertz CT molecular complexity index is 1060. The number of rotatable bonds is 4. The summed E-state index contributed by atoms with van der Waals surface area (Å²) < 4.78 is 38.6. The molecule has 4 aromatic rings. The molecule has 0 radical (unpaired) electrons. The summed E-state index contributed by atoms with van der Waals surface area (Å²) in [7, 11) is 0. The number of imidazole rings is 1. The first-order valence-electron chi connectivity index (χ1n) is 8.45. The monoisotopic (exact) mass is 439 g/mol. The molecule has 8 heteroatoms. The van der Waals surface area contributed by atoms with E-state index in [0.29, 0.717) is 17.7 Å². The lowest BCUT2D eigenvalue weighted by atomic mass is 10.0. The lowest BCUT2D eigenvalue weighted by Crippen LogP contribution is -2.07. The molecule has 0 aliphatic rings. The van der Waals surface area contributed by atoms with E-state index in [1.54, 1.807) is 18.2 Å². The number of para-hydroxylation sites is 1. The van der Waals surface area contributed by atoms with E-state index in [4.69, 9.17) is 0 Å². The van der Waals surface area contributed by atoms with Crippen LogP contribution in [0.15, 0.2) is 72.8 Å². The summed E-state index contributed by atoms with van der Waals surface area (Å²) in [5.74, 6) is -0.987. The predicted molar refractivity (Wildman–Crippen MR) is 115 cm³/mol. The molecule has 152 valence electrons. The standard InChI is InChI=1S/C21H16F3N3.2ClH/c22-21(23,24)20-26-18-8-4-7-17(19(18)27-20)25-13-14-9-11-16(12-10-14)15-5-2-1-3-6-15;;/h1-12,25H,13H2,(H,26,27);2*1H. The maximum Gasteiger partial charge on any atom is 0.449 e. The quantitative estimate of drug-likeness (QED) is 0.371. The molecule has 1 aromatic heterocycles. The summed E-state index contributed by atoms with van der Waals surface area (Å²) in [5, 5.41) is 3.18. The van der Waals surface area contributed by atoms with E-state index in [9.17, 15) is 13.2 Å². The van der Waals surface area contributed by atoms with Gasteiger partial charge in [-0.3, -0.25) is 0 Å². The second kappa shape index (κ2) is 9.20. The number of benzene rings is 3. The van der Waals surface area contributed by atoms with Crippen LogP contribution in [0.25, 0.3) is 22.2 Å². The number of alkyl halides is 3. The van der Waals surface area contributed by atoms with Crippen LogP contribution in [0.1, 0.15) is 11.4 Å². The van der Waals surface area contributed by atoms with Crippen molar-refractivity contribution in [3.8, 4) is 11.1 Å². The van der Waals surface area contributed by atoms with Crippen LogP contribution in [-0.2, 0) is 12.7 Å². The van der Waals surface area contributed by atoms with Gasteiger partial charge in [0.2, 0.25) is 5.82 Å². The minimum Gasteiger partial charge on any atom is -0.379 e. The number of hydrogen-bond donors (Lipinski definition) is 2. The van der Waals surface area contributed by atoms with Crippen LogP contribution in [0.4, 0.5) is 18.9 Å². The molecule has 0 aliphatic heterocycles. The van der Waals surface area contributed by atoms with Crippen LogP contribution < -0.4 is 5.32 Å². The lowest BCUT2D eigenvalue weighted by Gasteiger charge is -2.08. The minimum atomic E-state index is -4.50. The van der Waals surface area contributed by atoms with Gasteiger partial charge in [0.1, 0.15) is 5.52 Å². The number of fused-ring (bicyclic) bond motifs is 1. The fraction of sp³-hybridized carbons (Fsp3) is 0.0952. The topological polar surface area (TPSA) is 40.7 Å². The van der Waals surface area contributed by atoms with Crippen LogP contribution in [0.2, 0.25) is 0 Å². The van der Waals surface area contributed by atoms with Crippen LogP contribution in [-0.4, -0.2) is 9.97 Å². The third kappa shape index (κ3) is 5.02. The molecule has 0 spiro atoms. The third-order valence-corrected chi connectivity index (χ3v) is 4.33. The molecule has 0 fully saturated rings. The van der Waals surface area contributed by atoms with Crippen molar-refractivity contribution in [2.24, 2.45) is 0 Å². The largest absolute Gasteiger partial charge is 0.449 e. The maximum absolute atomic E-state index is 12.9. The molecular weight excluding hydrogens is 422 g/mol. The highest BCUT2D eigenvalue weighted by Crippen LogP contribution is 2.31. The van der Waals surface area contributed by atoms with E-state index in [1.165, 1.54) is 0 Å². The number of halogens is 5. The number of aromatic nitrogens is 2. The van der Waals surface area contributed by atoms with Gasteiger partial charge in [0, 0.05) is 6.54 Å². The Hall–Kier alpha value is -2.70. The number of aromatic amines is 1. The summed E-state index contributed by atoms with van der Waals surface area (Å²) in [6, 6.07) is 23.1. The third-order valence-electron chi connectivity index (χ3n) is 4.33. The molecule has 0 bridgehead atoms. The van der Waals surface area contributed by atoms with Gasteiger partial charge < -0.3 is 10.3 Å². The fourth-order valence-corrected chi connectivity index (χ4v) is 2.95. The van der Waals surface area contributed by atoms with Gasteiger partial charge in [-0.2, -0.15) is 13.2 Å². The zero-order valence-electron chi connectivity index (χ0n) is 15.0. The Kier molecular flexibility index (Phi) is 7.16. The summed E-state index contributed by atoms with van der Waals surface area (Å²) in [6.45, 7) is 0.488. The SMILES string of the molecule is Cl.Cl.FC(F)(F)c1nc2c(NCc3ccc(-c4ccccc4)cc3)cccc2[nH]1. The smallest absolute Gasteiger partial charge is 0.379 e. The first-order chi connectivity index (χ1) is 13.0. The Labute approximate surface area is 178 Å². The van der Waals surface area contributed by atoms with Gasteiger partial charge in [0.15, 0.2) is 0 Å². The molecule has 0 unspecified atom stereocenters. The minimum absolute atomic E-state index is 0. The Morgan fingerprint density at radius 3 is 2.10 bits per heavy atom. The highest BCUT2D eigenvalue weighted by Gasteiger charge is 2.35. The van der Waals surface area contributed by atoms with Crippen LogP contribution in [0, 0.1) is 0 Å². The zero-order chi connectivity index (χ0) is 18.9. The van der Waals surface area contributed by atoms with Gasteiger partial charge in [-0.15, -0.1) is 24.8 Å². The maximum atomic E-state index is 12.9. The van der Waals surface area contributed by atoms with Gasteiger partial charge in [0.05, 0.1) is 11.2 Å². The molecule has 4 rings (SSSR count). The van der Waals surface area contributed by atoms with E-state index >= 15 is 0 Å². The van der Waals surface area contributed by atoms with Crippen LogP contribution in [0.5, 0.6) is 0 Å². The summed E-state index contributed by atoms with van der Waals surface area (Å²) in [5.41, 5.74) is 4.48. The average Bonchev–Trinajstić information content (AvgIpc) is 3.13. The van der Waals surface area contributed by atoms with Crippen molar-refractivity contribution in [2.75, 3.05) is 5.32 Å². The zero-order valence-corrected chi connectivity index (χ0v) is 16.7. The van der Waals surface area contributed by atoms with E-state index in [2.05, 4.69) is 15.3 Å². The predicted octanol–water partition coefficient (Wildman–Crippen LogP) is 6.70. The first kappa shape index (κ1) is 22.6. The number of anilines is 1. The number of hydrogen-bond acceptors (Lipinski definition) is 2. The second-order valence-corrected chi connectivity index (χ2v) is 6.20. The molecule has 3 aromatic carbocycles. The van der Waals surface area contributed by atoms with Crippen molar-refractivity contribution in [1.82, 2.24) is 9.97 Å². The van der Waals surface area contributed by atoms with Crippen molar-refractivity contribution in [3.63, 3.8) is 0 Å². The Balaban J connectivity index is 0.00000150. The Morgan fingerprint density at radius 1 is 0.793 bits per heavy atom. The van der Waals surface area contributed by atoms with E-state index < -0.39 is 12.0 Å². The highest BCUT2D eigenvalue weighted by molar-refractivity contribution is 5.88. The van der Waals surface area contributed by atoms with Gasteiger partial charge >= 0.3 is 6.18 Å². The first-order valence-corrected chi connectivity index (χ1v) is 8.45. The number of nitrogens with one attached hydrogen (secondary N) is 2. The fourth-order valence-electron chi connectivity index (χ4n) is 2.95. The lowest BCUT2D eigenvalue weighted by molar-refractivity contribution is -0.144. The summed E-state index contributed by atoms with van der Waals surface area (Å²) in [6.07, 6.45) is -4.50. The summed E-state index contributed by atoms with van der Waals surface area (Å²) in [4.78, 5) is 6.03. The average molecular weight is 440 g/mol. The second-order valence-electron chi connectivity index (χ2n) is 6.20. The van der Waals surface area contributed by atoms with Crippen molar-refractivity contribution < 1.29 is 13.2 Å². The van der Waals surface area contributed by atoms with Gasteiger partial charge in [-0.25, -0.2) is 4.98 Å². The molecular formula is C21H18Cl2F3N3. The van der Waals surface area contributed by atoms with Crippen LogP contribution >= 0.6 is 24.8 Å². The van der Waals surface area contributed by atoms with E-state index in [-0.39, 0.29) is 30.3 Å². The normalized spacial score (nSPS) is 10.9. The molecule has 0 atom stereocenters. The molecule has 0 aliphatic carbocycles. The van der Waals surface area contributed by atoms with E-state index in [1.807, 2.05) is 54.6 Å². The molecule has 3 nitrogen and oxygen atoms in total.